The maximum absolute atomic E-state index is 12.7. The molecule has 1 atom stereocenters. The van der Waals surface area contributed by atoms with Gasteiger partial charge in [0.05, 0.1) is 16.5 Å². The average Bonchev–Trinajstić information content (AvgIpc) is 2.87. The van der Waals surface area contributed by atoms with Crippen molar-refractivity contribution in [1.82, 2.24) is 4.31 Å². The number of alkyl halides is 3. The van der Waals surface area contributed by atoms with Gasteiger partial charge >= 0.3 is 12.1 Å². The van der Waals surface area contributed by atoms with E-state index in [1.807, 2.05) is 0 Å². The zero-order valence-corrected chi connectivity index (χ0v) is 12.5. The third kappa shape index (κ3) is 3.21. The molecule has 0 bridgehead atoms. The van der Waals surface area contributed by atoms with E-state index in [9.17, 15) is 26.4 Å². The van der Waals surface area contributed by atoms with Crippen LogP contribution in [0, 0.1) is 5.92 Å². The summed E-state index contributed by atoms with van der Waals surface area (Å²) in [6.07, 6.45) is -4.60. The van der Waals surface area contributed by atoms with Crippen LogP contribution in [0.3, 0.4) is 0 Å². The third-order valence-electron chi connectivity index (χ3n) is 3.38. The standard InChI is InChI=1S/C12H11ClF3NO4S/c13-9-2-1-8(12(14,15)16)5-10(9)22(20,21)17-4-3-7(6-17)11(18)19/h1-2,5,7H,3-4,6H2,(H,18,19)/t7-/m0/s1. The summed E-state index contributed by atoms with van der Waals surface area (Å²) in [7, 11) is -4.28. The van der Waals surface area contributed by atoms with E-state index in [-0.39, 0.29) is 24.5 Å². The van der Waals surface area contributed by atoms with Gasteiger partial charge in [0.1, 0.15) is 4.90 Å². The van der Waals surface area contributed by atoms with Gasteiger partial charge < -0.3 is 5.11 Å². The SMILES string of the molecule is O=C(O)[C@H]1CCN(S(=O)(=O)c2cc(C(F)(F)F)ccc2Cl)C1. The molecule has 2 rings (SSSR count). The van der Waals surface area contributed by atoms with Gasteiger partial charge in [-0.2, -0.15) is 17.5 Å². The Morgan fingerprint density at radius 1 is 1.36 bits per heavy atom. The number of carboxylic acid groups (broad SMARTS) is 1. The smallest absolute Gasteiger partial charge is 0.416 e. The van der Waals surface area contributed by atoms with Crippen LogP contribution in [0.5, 0.6) is 0 Å². The number of nitrogens with zero attached hydrogens (tertiary/aromatic N) is 1. The number of halogens is 4. The number of rotatable bonds is 3. The number of benzene rings is 1. The first-order chi connectivity index (χ1) is 10.0. The minimum Gasteiger partial charge on any atom is -0.481 e. The number of sulfonamides is 1. The van der Waals surface area contributed by atoms with Crippen molar-refractivity contribution >= 4 is 27.6 Å². The summed E-state index contributed by atoms with van der Waals surface area (Å²) >= 11 is 5.72. The summed E-state index contributed by atoms with van der Waals surface area (Å²) in [5.74, 6) is -2.02. The van der Waals surface area contributed by atoms with Crippen molar-refractivity contribution in [1.29, 1.82) is 0 Å². The van der Waals surface area contributed by atoms with E-state index < -0.39 is 38.5 Å². The van der Waals surface area contributed by atoms with Gasteiger partial charge in [0.15, 0.2) is 0 Å². The lowest BCUT2D eigenvalue weighted by molar-refractivity contribution is -0.141. The fraction of sp³-hybridized carbons (Fsp3) is 0.417. The third-order valence-corrected chi connectivity index (χ3v) is 5.72. The molecule has 0 unspecified atom stereocenters. The molecule has 1 aromatic carbocycles. The van der Waals surface area contributed by atoms with E-state index in [4.69, 9.17) is 16.7 Å². The maximum Gasteiger partial charge on any atom is 0.416 e. The normalized spacial score (nSPS) is 20.3. The molecule has 1 aliphatic rings. The lowest BCUT2D eigenvalue weighted by Crippen LogP contribution is -2.30. The molecule has 1 aromatic rings. The van der Waals surface area contributed by atoms with E-state index in [1.54, 1.807) is 0 Å². The molecule has 0 aliphatic carbocycles. The molecule has 0 spiro atoms. The van der Waals surface area contributed by atoms with Crippen LogP contribution in [0.25, 0.3) is 0 Å². The van der Waals surface area contributed by atoms with E-state index in [0.717, 1.165) is 10.4 Å². The van der Waals surface area contributed by atoms with Crippen molar-refractivity contribution in [3.63, 3.8) is 0 Å². The molecule has 1 N–H and O–H groups in total. The summed E-state index contributed by atoms with van der Waals surface area (Å²) in [5, 5.41) is 8.54. The van der Waals surface area contributed by atoms with Gasteiger partial charge in [0, 0.05) is 13.1 Å². The minimum absolute atomic E-state index is 0.0775. The van der Waals surface area contributed by atoms with Crippen LogP contribution in [0.2, 0.25) is 5.02 Å². The first-order valence-electron chi connectivity index (χ1n) is 6.13. The topological polar surface area (TPSA) is 74.7 Å². The van der Waals surface area contributed by atoms with Gasteiger partial charge in [0.2, 0.25) is 10.0 Å². The first-order valence-corrected chi connectivity index (χ1v) is 7.95. The summed E-state index contributed by atoms with van der Waals surface area (Å²) in [6, 6.07) is 2.01. The largest absolute Gasteiger partial charge is 0.481 e. The summed E-state index contributed by atoms with van der Waals surface area (Å²) in [6.45, 7) is -0.365. The molecule has 1 fully saturated rings. The highest BCUT2D eigenvalue weighted by atomic mass is 35.5. The van der Waals surface area contributed by atoms with E-state index in [0.29, 0.717) is 12.1 Å². The van der Waals surface area contributed by atoms with Gasteiger partial charge in [-0.3, -0.25) is 4.79 Å². The fourth-order valence-corrected chi connectivity index (χ4v) is 4.17. The Labute approximate surface area is 129 Å². The molecule has 1 aliphatic heterocycles. The van der Waals surface area contributed by atoms with Crippen LogP contribution in [-0.2, 0) is 21.0 Å². The lowest BCUT2D eigenvalue weighted by Gasteiger charge is -2.18. The van der Waals surface area contributed by atoms with Crippen LogP contribution < -0.4 is 0 Å². The minimum atomic E-state index is -4.70. The molecule has 5 nitrogen and oxygen atoms in total. The van der Waals surface area contributed by atoms with Crippen molar-refractivity contribution in [3.8, 4) is 0 Å². The van der Waals surface area contributed by atoms with Crippen LogP contribution in [0.4, 0.5) is 13.2 Å². The highest BCUT2D eigenvalue weighted by Gasteiger charge is 2.38. The lowest BCUT2D eigenvalue weighted by atomic mass is 10.1. The second kappa shape index (κ2) is 5.71. The highest BCUT2D eigenvalue weighted by Crippen LogP contribution is 2.35. The number of aliphatic carboxylic acids is 1. The zero-order valence-electron chi connectivity index (χ0n) is 11.0. The molecule has 0 aromatic heterocycles. The van der Waals surface area contributed by atoms with Gasteiger partial charge in [-0.15, -0.1) is 0 Å². The van der Waals surface area contributed by atoms with Crippen LogP contribution in [0.1, 0.15) is 12.0 Å². The van der Waals surface area contributed by atoms with Crippen molar-refractivity contribution in [3.05, 3.63) is 28.8 Å². The zero-order chi connectivity index (χ0) is 16.7. The molecule has 0 amide bonds. The van der Waals surface area contributed by atoms with E-state index in [1.165, 1.54) is 0 Å². The van der Waals surface area contributed by atoms with E-state index in [2.05, 4.69) is 0 Å². The van der Waals surface area contributed by atoms with Gasteiger partial charge in [-0.05, 0) is 24.6 Å². The van der Waals surface area contributed by atoms with Crippen molar-refractivity contribution in [2.45, 2.75) is 17.5 Å². The Balaban J connectivity index is 2.40. The Hall–Kier alpha value is -1.32. The monoisotopic (exact) mass is 357 g/mol. The van der Waals surface area contributed by atoms with Crippen LogP contribution in [-0.4, -0.2) is 36.9 Å². The van der Waals surface area contributed by atoms with Gasteiger partial charge in [-0.1, -0.05) is 11.6 Å². The van der Waals surface area contributed by atoms with Crippen molar-refractivity contribution in [2.75, 3.05) is 13.1 Å². The predicted molar refractivity (Wildman–Crippen MR) is 71.0 cm³/mol. The molecule has 1 saturated heterocycles. The first kappa shape index (κ1) is 17.0. The van der Waals surface area contributed by atoms with Crippen LogP contribution in [0.15, 0.2) is 23.1 Å². The maximum atomic E-state index is 12.7. The number of carboxylic acids is 1. The molecular formula is C12H11ClF3NO4S. The Bertz CT molecular complexity index is 705. The summed E-state index contributed by atoms with van der Waals surface area (Å²) < 4.78 is 63.7. The summed E-state index contributed by atoms with van der Waals surface area (Å²) in [4.78, 5) is 10.2. The molecule has 0 saturated carbocycles. The second-order valence-corrected chi connectivity index (χ2v) is 7.14. The van der Waals surface area contributed by atoms with Crippen molar-refractivity contribution in [2.24, 2.45) is 5.92 Å². The molecule has 1 heterocycles. The van der Waals surface area contributed by atoms with Gasteiger partial charge in [0.25, 0.3) is 0 Å². The van der Waals surface area contributed by atoms with Gasteiger partial charge in [-0.25, -0.2) is 8.42 Å². The Morgan fingerprint density at radius 3 is 2.50 bits per heavy atom. The van der Waals surface area contributed by atoms with E-state index >= 15 is 0 Å². The number of hydrogen-bond acceptors (Lipinski definition) is 3. The fourth-order valence-electron chi connectivity index (χ4n) is 2.16. The number of hydrogen-bond donors (Lipinski definition) is 1. The Morgan fingerprint density at radius 2 is 2.00 bits per heavy atom. The molecule has 22 heavy (non-hydrogen) atoms. The highest BCUT2D eigenvalue weighted by molar-refractivity contribution is 7.89. The Kier molecular flexibility index (Phi) is 4.42. The predicted octanol–water partition coefficient (Wildman–Crippen LogP) is 2.45. The van der Waals surface area contributed by atoms with Crippen molar-refractivity contribution < 1.29 is 31.5 Å². The molecular weight excluding hydrogens is 347 g/mol. The quantitative estimate of drug-likeness (QED) is 0.901. The molecule has 0 radical (unpaired) electrons. The number of carbonyl (C=O) groups is 1. The average molecular weight is 358 g/mol. The summed E-state index contributed by atoms with van der Waals surface area (Å²) in [5.41, 5.74) is -1.13. The van der Waals surface area contributed by atoms with Crippen LogP contribution >= 0.6 is 11.6 Å². The second-order valence-electron chi connectivity index (χ2n) is 4.83. The molecule has 122 valence electrons. The molecule has 10 heteroatoms.